The average Bonchev–Trinajstić information content (AvgIpc) is 2.33. The number of carbonyl (C=O) groups is 1. The highest BCUT2D eigenvalue weighted by atomic mass is 19.4. The molecule has 0 fully saturated rings. The lowest BCUT2D eigenvalue weighted by Gasteiger charge is -2.19. The number of benzene rings is 1. The summed E-state index contributed by atoms with van der Waals surface area (Å²) in [6.45, 7) is 3.69. The van der Waals surface area contributed by atoms with E-state index in [2.05, 4.69) is 6.58 Å². The minimum absolute atomic E-state index is 0.110. The Balaban J connectivity index is 2.89. The maximum atomic E-state index is 12.3. The smallest absolute Gasteiger partial charge is 0.471 e. The van der Waals surface area contributed by atoms with Crippen molar-refractivity contribution >= 4 is 11.6 Å². The number of hydrogen-bond acceptors (Lipinski definition) is 2. The number of alkyl halides is 3. The normalized spacial score (nSPS) is 10.9. The summed E-state index contributed by atoms with van der Waals surface area (Å²) in [5, 5.41) is 0. The van der Waals surface area contributed by atoms with Crippen LogP contribution in [0.2, 0.25) is 0 Å². The topological polar surface area (TPSA) is 29.5 Å². The van der Waals surface area contributed by atoms with E-state index >= 15 is 0 Å². The molecule has 0 aliphatic rings. The van der Waals surface area contributed by atoms with Gasteiger partial charge in [0.1, 0.15) is 12.4 Å². The van der Waals surface area contributed by atoms with E-state index < -0.39 is 12.1 Å². The molecule has 0 N–H and O–H groups in total. The van der Waals surface area contributed by atoms with Gasteiger partial charge in [0.25, 0.3) is 0 Å². The third kappa shape index (κ3) is 3.51. The van der Waals surface area contributed by atoms with Crippen molar-refractivity contribution in [2.45, 2.75) is 6.18 Å². The summed E-state index contributed by atoms with van der Waals surface area (Å²) in [7, 11) is 1.06. The fourth-order valence-corrected chi connectivity index (χ4v) is 1.24. The van der Waals surface area contributed by atoms with Crippen LogP contribution in [0.3, 0.4) is 0 Å². The van der Waals surface area contributed by atoms with E-state index in [1.165, 1.54) is 24.3 Å². The van der Waals surface area contributed by atoms with Crippen LogP contribution in [0, 0.1) is 0 Å². The molecule has 0 bridgehead atoms. The fourth-order valence-electron chi connectivity index (χ4n) is 1.24. The number of halogens is 3. The number of carbonyl (C=O) groups excluding carboxylic acids is 1. The predicted octanol–water partition coefficient (Wildman–Crippen LogP) is 2.78. The van der Waals surface area contributed by atoms with Crippen molar-refractivity contribution in [3.05, 3.63) is 36.9 Å². The van der Waals surface area contributed by atoms with Crippen LogP contribution in [0.1, 0.15) is 0 Å². The van der Waals surface area contributed by atoms with Gasteiger partial charge in [-0.25, -0.2) is 0 Å². The highest BCUT2D eigenvalue weighted by molar-refractivity contribution is 5.96. The molecule has 0 unspecified atom stereocenters. The Kier molecular flexibility index (Phi) is 4.36. The van der Waals surface area contributed by atoms with Crippen LogP contribution in [-0.2, 0) is 4.79 Å². The minimum atomic E-state index is -4.90. The van der Waals surface area contributed by atoms with Crippen molar-refractivity contribution < 1.29 is 22.7 Å². The summed E-state index contributed by atoms with van der Waals surface area (Å²) in [6.07, 6.45) is -3.38. The first-order valence-corrected chi connectivity index (χ1v) is 5.05. The van der Waals surface area contributed by atoms with Gasteiger partial charge in [-0.15, -0.1) is 0 Å². The van der Waals surface area contributed by atoms with Crippen LogP contribution in [0.5, 0.6) is 5.75 Å². The molecule has 1 amide bonds. The molecule has 0 heterocycles. The van der Waals surface area contributed by atoms with Gasteiger partial charge in [0, 0.05) is 18.8 Å². The highest BCUT2D eigenvalue weighted by Crippen LogP contribution is 2.25. The molecule has 0 atom stereocenters. The lowest BCUT2D eigenvalue weighted by Crippen LogP contribution is -2.38. The molecular formula is C12H12F3NO2. The molecule has 0 spiro atoms. The van der Waals surface area contributed by atoms with Crippen molar-refractivity contribution in [1.82, 2.24) is 0 Å². The van der Waals surface area contributed by atoms with Crippen molar-refractivity contribution in [3.8, 4) is 5.75 Å². The van der Waals surface area contributed by atoms with E-state index in [9.17, 15) is 18.0 Å². The molecule has 0 saturated heterocycles. The number of rotatable bonds is 4. The quantitative estimate of drug-likeness (QED) is 0.778. The molecular weight excluding hydrogens is 247 g/mol. The van der Waals surface area contributed by atoms with Gasteiger partial charge in [0.05, 0.1) is 0 Å². The molecule has 3 nitrogen and oxygen atoms in total. The van der Waals surface area contributed by atoms with Gasteiger partial charge in [0.2, 0.25) is 0 Å². The number of anilines is 1. The molecule has 98 valence electrons. The fraction of sp³-hybridized carbons (Fsp3) is 0.250. The van der Waals surface area contributed by atoms with Gasteiger partial charge >= 0.3 is 12.1 Å². The van der Waals surface area contributed by atoms with Crippen LogP contribution in [-0.4, -0.2) is 25.7 Å². The largest absolute Gasteiger partial charge is 0.489 e. The molecule has 0 aromatic heterocycles. The predicted molar refractivity (Wildman–Crippen MR) is 61.6 cm³/mol. The lowest BCUT2D eigenvalue weighted by atomic mass is 10.2. The zero-order valence-corrected chi connectivity index (χ0v) is 9.70. The van der Waals surface area contributed by atoms with Gasteiger partial charge in [-0.2, -0.15) is 13.2 Å². The van der Waals surface area contributed by atoms with E-state index in [0.717, 1.165) is 7.05 Å². The van der Waals surface area contributed by atoms with E-state index in [0.29, 0.717) is 10.6 Å². The second kappa shape index (κ2) is 5.57. The SMILES string of the molecule is C=CCOc1cccc(N(C)C(=O)C(F)(F)F)c1. The summed E-state index contributed by atoms with van der Waals surface area (Å²) in [4.78, 5) is 11.6. The summed E-state index contributed by atoms with van der Waals surface area (Å²) < 4.78 is 41.9. The van der Waals surface area contributed by atoms with Gasteiger partial charge in [-0.3, -0.25) is 4.79 Å². The van der Waals surface area contributed by atoms with Crippen molar-refractivity contribution in [2.24, 2.45) is 0 Å². The maximum Gasteiger partial charge on any atom is 0.471 e. The van der Waals surface area contributed by atoms with Gasteiger partial charge < -0.3 is 9.64 Å². The summed E-state index contributed by atoms with van der Waals surface area (Å²) in [5.74, 6) is -1.56. The van der Waals surface area contributed by atoms with E-state index in [-0.39, 0.29) is 12.3 Å². The Bertz CT molecular complexity index is 443. The third-order valence-corrected chi connectivity index (χ3v) is 2.12. The van der Waals surface area contributed by atoms with E-state index in [1.54, 1.807) is 6.07 Å². The summed E-state index contributed by atoms with van der Waals surface area (Å²) in [6, 6.07) is 5.84. The summed E-state index contributed by atoms with van der Waals surface area (Å²) >= 11 is 0. The van der Waals surface area contributed by atoms with Gasteiger partial charge in [-0.1, -0.05) is 18.7 Å². The Morgan fingerprint density at radius 2 is 2.17 bits per heavy atom. The molecule has 0 aliphatic heterocycles. The van der Waals surface area contributed by atoms with Crippen LogP contribution >= 0.6 is 0 Å². The first-order valence-electron chi connectivity index (χ1n) is 5.05. The minimum Gasteiger partial charge on any atom is -0.489 e. The molecule has 0 radical (unpaired) electrons. The van der Waals surface area contributed by atoms with E-state index in [1.807, 2.05) is 0 Å². The molecule has 1 aromatic rings. The molecule has 0 aliphatic carbocycles. The Labute approximate surface area is 102 Å². The van der Waals surface area contributed by atoms with Gasteiger partial charge in [0.15, 0.2) is 0 Å². The van der Waals surface area contributed by atoms with Crippen LogP contribution in [0.4, 0.5) is 18.9 Å². The zero-order valence-electron chi connectivity index (χ0n) is 9.70. The molecule has 1 rings (SSSR count). The Morgan fingerprint density at radius 3 is 2.72 bits per heavy atom. The van der Waals surface area contributed by atoms with Gasteiger partial charge in [-0.05, 0) is 12.1 Å². The standard InChI is InChI=1S/C12H12F3NO2/c1-3-7-18-10-6-4-5-9(8-10)16(2)11(17)12(13,14)15/h3-6,8H,1,7H2,2H3. The van der Waals surface area contributed by atoms with Crippen molar-refractivity contribution in [1.29, 1.82) is 0 Å². The number of nitrogens with zero attached hydrogens (tertiary/aromatic N) is 1. The summed E-state index contributed by atoms with van der Waals surface area (Å²) in [5.41, 5.74) is 0.110. The van der Waals surface area contributed by atoms with Crippen LogP contribution in [0.25, 0.3) is 0 Å². The Morgan fingerprint density at radius 1 is 1.50 bits per heavy atom. The molecule has 18 heavy (non-hydrogen) atoms. The third-order valence-electron chi connectivity index (χ3n) is 2.12. The molecule has 0 saturated carbocycles. The number of amides is 1. The monoisotopic (exact) mass is 259 g/mol. The van der Waals surface area contributed by atoms with E-state index in [4.69, 9.17) is 4.74 Å². The van der Waals surface area contributed by atoms with Crippen LogP contribution < -0.4 is 9.64 Å². The maximum absolute atomic E-state index is 12.3. The van der Waals surface area contributed by atoms with Crippen molar-refractivity contribution in [3.63, 3.8) is 0 Å². The first kappa shape index (κ1) is 14.1. The number of hydrogen-bond donors (Lipinski definition) is 0. The van der Waals surface area contributed by atoms with Crippen molar-refractivity contribution in [2.75, 3.05) is 18.6 Å². The first-order chi connectivity index (χ1) is 8.36. The van der Waals surface area contributed by atoms with Crippen LogP contribution in [0.15, 0.2) is 36.9 Å². The highest BCUT2D eigenvalue weighted by Gasteiger charge is 2.41. The molecule has 6 heteroatoms. The Hall–Kier alpha value is -1.98. The second-order valence-corrected chi connectivity index (χ2v) is 3.46. The molecule has 1 aromatic carbocycles. The lowest BCUT2D eigenvalue weighted by molar-refractivity contribution is -0.170. The zero-order chi connectivity index (χ0) is 13.8. The average molecular weight is 259 g/mol. The number of ether oxygens (including phenoxy) is 1. The second-order valence-electron chi connectivity index (χ2n) is 3.46.